The van der Waals surface area contributed by atoms with Gasteiger partial charge >= 0.3 is 0 Å². The Balaban J connectivity index is 1.21. The Bertz CT molecular complexity index is 590. The summed E-state index contributed by atoms with van der Waals surface area (Å²) in [6, 6.07) is 0.721. The molecule has 26 heavy (non-hydrogen) atoms. The molecule has 1 aromatic rings. The number of piperidine rings is 1. The van der Waals surface area contributed by atoms with Gasteiger partial charge in [0.25, 0.3) is 0 Å². The van der Waals surface area contributed by atoms with E-state index in [2.05, 4.69) is 20.4 Å². The lowest BCUT2D eigenvalue weighted by atomic mass is 9.95. The summed E-state index contributed by atoms with van der Waals surface area (Å²) in [5, 5.41) is 7.19. The molecular formula is C20H32N4O2. The van der Waals surface area contributed by atoms with Gasteiger partial charge in [-0.25, -0.2) is 0 Å². The highest BCUT2D eigenvalue weighted by Gasteiger charge is 2.31. The quantitative estimate of drug-likeness (QED) is 0.844. The van der Waals surface area contributed by atoms with Crippen LogP contribution in [0.5, 0.6) is 0 Å². The van der Waals surface area contributed by atoms with Crippen LogP contribution in [0.4, 0.5) is 0 Å². The molecule has 0 aromatic carbocycles. The highest BCUT2D eigenvalue weighted by atomic mass is 16.5. The van der Waals surface area contributed by atoms with Gasteiger partial charge in [0.05, 0.1) is 5.92 Å². The van der Waals surface area contributed by atoms with Crippen LogP contribution >= 0.6 is 0 Å². The summed E-state index contributed by atoms with van der Waals surface area (Å²) in [7, 11) is 0. The maximum Gasteiger partial charge on any atom is 0.229 e. The van der Waals surface area contributed by atoms with Crippen LogP contribution in [-0.4, -0.2) is 46.6 Å². The average Bonchev–Trinajstić information content (AvgIpc) is 3.43. The molecule has 0 bridgehead atoms. The van der Waals surface area contributed by atoms with Crippen LogP contribution in [0.25, 0.3) is 0 Å². The largest absolute Gasteiger partial charge is 0.355 e. The first-order valence-corrected chi connectivity index (χ1v) is 10.6. The first-order valence-electron chi connectivity index (χ1n) is 10.6. The number of carbonyl (C=O) groups excluding carboxylic acids is 1. The maximum atomic E-state index is 12.6. The van der Waals surface area contributed by atoms with E-state index >= 15 is 0 Å². The monoisotopic (exact) mass is 360 g/mol. The standard InChI is InChI=1S/C20H32N4O2/c25-19(16-8-5-13-24(14-16)17-9-3-4-10-17)21-12-11-18-22-20(26-23-18)15-6-1-2-7-15/h15-17H,1-14H2,(H,21,25). The number of hydrogen-bond acceptors (Lipinski definition) is 5. The fraction of sp³-hybridized carbons (Fsp3) is 0.850. The topological polar surface area (TPSA) is 71.3 Å². The van der Waals surface area contributed by atoms with Gasteiger partial charge in [-0.1, -0.05) is 30.8 Å². The summed E-state index contributed by atoms with van der Waals surface area (Å²) < 4.78 is 5.41. The predicted octanol–water partition coefficient (Wildman–Crippen LogP) is 3.04. The Morgan fingerprint density at radius 1 is 1.08 bits per heavy atom. The minimum absolute atomic E-state index is 0.142. The van der Waals surface area contributed by atoms with Gasteiger partial charge in [-0.15, -0.1) is 0 Å². The zero-order valence-electron chi connectivity index (χ0n) is 15.8. The van der Waals surface area contributed by atoms with E-state index in [1.807, 2.05) is 0 Å². The van der Waals surface area contributed by atoms with Crippen LogP contribution in [0.15, 0.2) is 4.52 Å². The molecular weight excluding hydrogens is 328 g/mol. The van der Waals surface area contributed by atoms with Crippen molar-refractivity contribution >= 4 is 5.91 Å². The van der Waals surface area contributed by atoms with Gasteiger partial charge < -0.3 is 9.84 Å². The second kappa shape index (κ2) is 8.51. The molecule has 2 aliphatic carbocycles. The summed E-state index contributed by atoms with van der Waals surface area (Å²) in [6.07, 6.45) is 13.0. The fourth-order valence-corrected chi connectivity index (χ4v) is 4.97. The van der Waals surface area contributed by atoms with Gasteiger partial charge in [-0.3, -0.25) is 9.69 Å². The van der Waals surface area contributed by atoms with E-state index in [0.717, 1.165) is 50.0 Å². The van der Waals surface area contributed by atoms with E-state index in [9.17, 15) is 4.79 Å². The second-order valence-electron chi connectivity index (χ2n) is 8.34. The maximum absolute atomic E-state index is 12.6. The summed E-state index contributed by atoms with van der Waals surface area (Å²) >= 11 is 0. The highest BCUT2D eigenvalue weighted by molar-refractivity contribution is 5.78. The minimum Gasteiger partial charge on any atom is -0.355 e. The zero-order valence-corrected chi connectivity index (χ0v) is 15.8. The van der Waals surface area contributed by atoms with Gasteiger partial charge in [0.2, 0.25) is 11.8 Å². The Labute approximate surface area is 156 Å². The van der Waals surface area contributed by atoms with Crippen molar-refractivity contribution in [2.24, 2.45) is 5.92 Å². The molecule has 3 fully saturated rings. The van der Waals surface area contributed by atoms with Crippen LogP contribution in [0.2, 0.25) is 0 Å². The molecule has 1 amide bonds. The third kappa shape index (κ3) is 4.27. The van der Waals surface area contributed by atoms with Crippen molar-refractivity contribution in [1.82, 2.24) is 20.4 Å². The molecule has 6 heteroatoms. The molecule has 3 aliphatic rings. The number of amides is 1. The summed E-state index contributed by atoms with van der Waals surface area (Å²) in [6.45, 7) is 2.70. The second-order valence-corrected chi connectivity index (χ2v) is 8.34. The van der Waals surface area contributed by atoms with E-state index in [0.29, 0.717) is 18.9 Å². The highest BCUT2D eigenvalue weighted by Crippen LogP contribution is 2.33. The summed E-state index contributed by atoms with van der Waals surface area (Å²) in [5.41, 5.74) is 0. The zero-order chi connectivity index (χ0) is 17.8. The van der Waals surface area contributed by atoms with Crippen LogP contribution in [0.3, 0.4) is 0 Å². The average molecular weight is 361 g/mol. The van der Waals surface area contributed by atoms with E-state index in [4.69, 9.17) is 4.52 Å². The van der Waals surface area contributed by atoms with E-state index in [-0.39, 0.29) is 11.8 Å². The van der Waals surface area contributed by atoms with Crippen molar-refractivity contribution in [3.8, 4) is 0 Å². The van der Waals surface area contributed by atoms with Gasteiger partial charge in [0, 0.05) is 31.5 Å². The summed E-state index contributed by atoms with van der Waals surface area (Å²) in [4.78, 5) is 19.7. The molecule has 144 valence electrons. The molecule has 1 atom stereocenters. The van der Waals surface area contributed by atoms with Crippen molar-refractivity contribution in [2.45, 2.75) is 82.6 Å². The molecule has 1 N–H and O–H groups in total. The van der Waals surface area contributed by atoms with Gasteiger partial charge in [0.1, 0.15) is 0 Å². The lowest BCUT2D eigenvalue weighted by Gasteiger charge is -2.36. The summed E-state index contributed by atoms with van der Waals surface area (Å²) in [5.74, 6) is 2.32. The van der Waals surface area contributed by atoms with E-state index in [1.54, 1.807) is 0 Å². The molecule has 1 unspecified atom stereocenters. The number of rotatable bonds is 6. The molecule has 4 rings (SSSR count). The normalized spacial score (nSPS) is 25.8. The number of hydrogen-bond donors (Lipinski definition) is 1. The molecule has 1 saturated heterocycles. The lowest BCUT2D eigenvalue weighted by molar-refractivity contribution is -0.127. The lowest BCUT2D eigenvalue weighted by Crippen LogP contribution is -2.46. The molecule has 0 radical (unpaired) electrons. The van der Waals surface area contributed by atoms with Crippen LogP contribution < -0.4 is 5.32 Å². The molecule has 6 nitrogen and oxygen atoms in total. The Morgan fingerprint density at radius 3 is 2.65 bits per heavy atom. The van der Waals surface area contributed by atoms with Crippen molar-refractivity contribution in [1.29, 1.82) is 0 Å². The van der Waals surface area contributed by atoms with Crippen molar-refractivity contribution in [3.05, 3.63) is 11.7 Å². The van der Waals surface area contributed by atoms with Gasteiger partial charge in [-0.2, -0.15) is 4.98 Å². The molecule has 2 heterocycles. The van der Waals surface area contributed by atoms with E-state index < -0.39 is 0 Å². The molecule has 2 saturated carbocycles. The Hall–Kier alpha value is -1.43. The number of nitrogens with one attached hydrogen (secondary N) is 1. The smallest absolute Gasteiger partial charge is 0.229 e. The van der Waals surface area contributed by atoms with Crippen LogP contribution in [0.1, 0.15) is 81.8 Å². The molecule has 1 aromatic heterocycles. The third-order valence-electron chi connectivity index (χ3n) is 6.50. The van der Waals surface area contributed by atoms with Gasteiger partial charge in [0.15, 0.2) is 5.82 Å². The van der Waals surface area contributed by atoms with Crippen molar-refractivity contribution in [2.75, 3.05) is 19.6 Å². The van der Waals surface area contributed by atoms with Crippen LogP contribution in [-0.2, 0) is 11.2 Å². The third-order valence-corrected chi connectivity index (χ3v) is 6.50. The molecule has 1 aliphatic heterocycles. The number of carbonyl (C=O) groups is 1. The Morgan fingerprint density at radius 2 is 1.85 bits per heavy atom. The SMILES string of the molecule is O=C(NCCc1noc(C2CCCC2)n1)C1CCCN(C2CCCC2)C1. The number of aromatic nitrogens is 2. The predicted molar refractivity (Wildman–Crippen MR) is 98.8 cm³/mol. The molecule has 0 spiro atoms. The first kappa shape index (κ1) is 18.0. The Kier molecular flexibility index (Phi) is 5.88. The van der Waals surface area contributed by atoms with E-state index in [1.165, 1.54) is 45.1 Å². The number of likely N-dealkylation sites (tertiary alicyclic amines) is 1. The van der Waals surface area contributed by atoms with Crippen molar-refractivity contribution < 1.29 is 9.32 Å². The van der Waals surface area contributed by atoms with Crippen molar-refractivity contribution in [3.63, 3.8) is 0 Å². The fourth-order valence-electron chi connectivity index (χ4n) is 4.97. The number of nitrogens with zero attached hydrogens (tertiary/aromatic N) is 3. The minimum atomic E-state index is 0.142. The first-order chi connectivity index (χ1) is 12.8. The van der Waals surface area contributed by atoms with Crippen LogP contribution in [0, 0.1) is 5.92 Å². The van der Waals surface area contributed by atoms with Gasteiger partial charge in [-0.05, 0) is 45.1 Å².